The van der Waals surface area contributed by atoms with Crippen LogP contribution in [0.1, 0.15) is 11.1 Å². The molecule has 0 atom stereocenters. The predicted octanol–water partition coefficient (Wildman–Crippen LogP) is 3.04. The zero-order chi connectivity index (χ0) is 25.4. The number of rotatable bonds is 10. The highest BCUT2D eigenvalue weighted by molar-refractivity contribution is 7.92. The molecular formula is C27H31N3O5S. The van der Waals surface area contributed by atoms with Gasteiger partial charge in [-0.15, -0.1) is 0 Å². The average Bonchev–Trinajstić information content (AvgIpc) is 2.92. The second-order valence-corrected chi connectivity index (χ2v) is 10.4. The molecule has 0 radical (unpaired) electrons. The van der Waals surface area contributed by atoms with Crippen LogP contribution in [0.25, 0.3) is 0 Å². The highest BCUT2D eigenvalue weighted by Crippen LogP contribution is 2.26. The number of sulfonamides is 1. The maximum absolute atomic E-state index is 13.5. The molecule has 0 bridgehead atoms. The molecule has 1 saturated heterocycles. The largest absolute Gasteiger partial charge is 0.497 e. The SMILES string of the molecule is COc1cccc(N(CC(=O)NCc2cccc(CN3CCOCC3)c2)S(=O)(=O)c2ccccc2)c1. The van der Waals surface area contributed by atoms with Gasteiger partial charge in [-0.1, -0.05) is 48.5 Å². The van der Waals surface area contributed by atoms with E-state index in [-0.39, 0.29) is 11.4 Å². The number of ether oxygens (including phenoxy) is 2. The molecule has 1 amide bonds. The van der Waals surface area contributed by atoms with Crippen molar-refractivity contribution in [2.75, 3.05) is 44.3 Å². The summed E-state index contributed by atoms with van der Waals surface area (Å²) in [6, 6.07) is 22.8. The molecule has 1 heterocycles. The highest BCUT2D eigenvalue weighted by Gasteiger charge is 2.27. The van der Waals surface area contributed by atoms with E-state index >= 15 is 0 Å². The molecule has 1 N–H and O–H groups in total. The van der Waals surface area contributed by atoms with Crippen LogP contribution in [0.5, 0.6) is 5.75 Å². The minimum atomic E-state index is -3.98. The first-order chi connectivity index (χ1) is 17.5. The summed E-state index contributed by atoms with van der Waals surface area (Å²) in [5.74, 6) is 0.0918. The van der Waals surface area contributed by atoms with Crippen LogP contribution < -0.4 is 14.4 Å². The minimum Gasteiger partial charge on any atom is -0.497 e. The molecule has 0 spiro atoms. The number of amides is 1. The van der Waals surface area contributed by atoms with Gasteiger partial charge in [0.15, 0.2) is 0 Å². The second kappa shape index (κ2) is 12.0. The Kier molecular flexibility index (Phi) is 8.58. The van der Waals surface area contributed by atoms with Gasteiger partial charge in [-0.05, 0) is 35.4 Å². The molecule has 0 unspecified atom stereocenters. The Morgan fingerprint density at radius 3 is 2.44 bits per heavy atom. The van der Waals surface area contributed by atoms with Crippen molar-refractivity contribution in [2.45, 2.75) is 18.0 Å². The maximum Gasteiger partial charge on any atom is 0.264 e. The number of morpholine rings is 1. The van der Waals surface area contributed by atoms with E-state index in [2.05, 4.69) is 22.3 Å². The molecule has 3 aromatic carbocycles. The molecule has 1 aliphatic heterocycles. The smallest absolute Gasteiger partial charge is 0.264 e. The monoisotopic (exact) mass is 509 g/mol. The molecule has 0 aliphatic carbocycles. The van der Waals surface area contributed by atoms with Gasteiger partial charge >= 0.3 is 0 Å². The van der Waals surface area contributed by atoms with Crippen LogP contribution in [-0.2, 0) is 32.6 Å². The molecule has 0 saturated carbocycles. The van der Waals surface area contributed by atoms with E-state index in [1.807, 2.05) is 12.1 Å². The highest BCUT2D eigenvalue weighted by atomic mass is 32.2. The molecule has 8 nitrogen and oxygen atoms in total. The van der Waals surface area contributed by atoms with Crippen molar-refractivity contribution >= 4 is 21.6 Å². The summed E-state index contributed by atoms with van der Waals surface area (Å²) in [4.78, 5) is 15.4. The standard InChI is InChI=1S/C27H31N3O5S/c1-34-25-10-6-9-24(18-25)30(36(32,33)26-11-3-2-4-12-26)21-27(31)28-19-22-7-5-8-23(17-22)20-29-13-15-35-16-14-29/h2-12,17-18H,13-16,19-21H2,1H3,(H,28,31). The van der Waals surface area contributed by atoms with E-state index in [0.717, 1.165) is 48.3 Å². The van der Waals surface area contributed by atoms with Crippen LogP contribution in [-0.4, -0.2) is 59.2 Å². The van der Waals surface area contributed by atoms with Gasteiger partial charge in [0, 0.05) is 32.2 Å². The van der Waals surface area contributed by atoms with Crippen LogP contribution in [0, 0.1) is 0 Å². The number of carbonyl (C=O) groups excluding carboxylic acids is 1. The van der Waals surface area contributed by atoms with E-state index < -0.39 is 15.9 Å². The third-order valence-corrected chi connectivity index (χ3v) is 7.74. The lowest BCUT2D eigenvalue weighted by molar-refractivity contribution is -0.119. The van der Waals surface area contributed by atoms with Crippen molar-refractivity contribution in [1.29, 1.82) is 0 Å². The fourth-order valence-electron chi connectivity index (χ4n) is 4.04. The Hall–Kier alpha value is -3.40. The normalized spacial score (nSPS) is 14.2. The summed E-state index contributed by atoms with van der Waals surface area (Å²) in [7, 11) is -2.47. The van der Waals surface area contributed by atoms with Crippen LogP contribution in [0.2, 0.25) is 0 Å². The first-order valence-electron chi connectivity index (χ1n) is 11.8. The van der Waals surface area contributed by atoms with Crippen molar-refractivity contribution in [3.8, 4) is 5.75 Å². The molecule has 36 heavy (non-hydrogen) atoms. The van der Waals surface area contributed by atoms with Crippen molar-refractivity contribution in [1.82, 2.24) is 10.2 Å². The van der Waals surface area contributed by atoms with Crippen molar-refractivity contribution < 1.29 is 22.7 Å². The Balaban J connectivity index is 1.47. The fraction of sp³-hybridized carbons (Fsp3) is 0.296. The van der Waals surface area contributed by atoms with E-state index in [1.54, 1.807) is 42.5 Å². The van der Waals surface area contributed by atoms with Gasteiger partial charge in [0.2, 0.25) is 5.91 Å². The predicted molar refractivity (Wildman–Crippen MR) is 138 cm³/mol. The topological polar surface area (TPSA) is 88.2 Å². The summed E-state index contributed by atoms with van der Waals surface area (Å²) in [6.07, 6.45) is 0. The lowest BCUT2D eigenvalue weighted by Crippen LogP contribution is -2.40. The number of anilines is 1. The number of methoxy groups -OCH3 is 1. The summed E-state index contributed by atoms with van der Waals surface area (Å²) in [5, 5.41) is 2.87. The van der Waals surface area contributed by atoms with Gasteiger partial charge in [-0.25, -0.2) is 8.42 Å². The third kappa shape index (κ3) is 6.63. The molecule has 190 valence electrons. The first-order valence-corrected chi connectivity index (χ1v) is 13.3. The van der Waals surface area contributed by atoms with Crippen LogP contribution >= 0.6 is 0 Å². The minimum absolute atomic E-state index is 0.108. The number of nitrogens with zero attached hydrogens (tertiary/aromatic N) is 2. The zero-order valence-corrected chi connectivity index (χ0v) is 21.1. The lowest BCUT2D eigenvalue weighted by atomic mass is 10.1. The Labute approximate surface area is 212 Å². The van der Waals surface area contributed by atoms with Gasteiger partial charge in [0.1, 0.15) is 12.3 Å². The third-order valence-electron chi connectivity index (χ3n) is 5.95. The number of hydrogen-bond acceptors (Lipinski definition) is 6. The quantitative estimate of drug-likeness (QED) is 0.452. The van der Waals surface area contributed by atoms with Crippen molar-refractivity contribution in [3.63, 3.8) is 0 Å². The van der Waals surface area contributed by atoms with E-state index in [9.17, 15) is 13.2 Å². The van der Waals surface area contributed by atoms with Crippen molar-refractivity contribution in [2.24, 2.45) is 0 Å². The summed E-state index contributed by atoms with van der Waals surface area (Å²) in [5.41, 5.74) is 2.46. The first kappa shape index (κ1) is 25.7. The van der Waals surface area contributed by atoms with Crippen LogP contribution in [0.15, 0.2) is 83.8 Å². The Bertz CT molecular complexity index is 1260. The summed E-state index contributed by atoms with van der Waals surface area (Å²) in [6.45, 7) is 4.04. The Morgan fingerprint density at radius 2 is 1.69 bits per heavy atom. The molecule has 0 aromatic heterocycles. The number of hydrogen-bond donors (Lipinski definition) is 1. The molecular weight excluding hydrogens is 478 g/mol. The van der Waals surface area contributed by atoms with E-state index in [0.29, 0.717) is 18.0 Å². The average molecular weight is 510 g/mol. The molecule has 9 heteroatoms. The maximum atomic E-state index is 13.5. The van der Waals surface area contributed by atoms with Gasteiger partial charge in [0.25, 0.3) is 10.0 Å². The van der Waals surface area contributed by atoms with Gasteiger partial charge in [-0.3, -0.25) is 14.0 Å². The fourth-order valence-corrected chi connectivity index (χ4v) is 5.48. The van der Waals surface area contributed by atoms with Gasteiger partial charge < -0.3 is 14.8 Å². The summed E-state index contributed by atoms with van der Waals surface area (Å²) >= 11 is 0. The van der Waals surface area contributed by atoms with Gasteiger partial charge in [-0.2, -0.15) is 0 Å². The van der Waals surface area contributed by atoms with Crippen LogP contribution in [0.3, 0.4) is 0 Å². The molecule has 1 aliphatic rings. The van der Waals surface area contributed by atoms with E-state index in [1.165, 1.54) is 19.2 Å². The number of nitrogens with one attached hydrogen (secondary N) is 1. The number of benzene rings is 3. The molecule has 3 aromatic rings. The van der Waals surface area contributed by atoms with Gasteiger partial charge in [0.05, 0.1) is 30.9 Å². The molecule has 1 fully saturated rings. The lowest BCUT2D eigenvalue weighted by Gasteiger charge is -2.26. The van der Waals surface area contributed by atoms with Crippen molar-refractivity contribution in [3.05, 3.63) is 90.0 Å². The van der Waals surface area contributed by atoms with Crippen LogP contribution in [0.4, 0.5) is 5.69 Å². The zero-order valence-electron chi connectivity index (χ0n) is 20.3. The second-order valence-electron chi connectivity index (χ2n) is 8.51. The molecule has 4 rings (SSSR count). The number of carbonyl (C=O) groups is 1. The van der Waals surface area contributed by atoms with E-state index in [4.69, 9.17) is 9.47 Å². The Morgan fingerprint density at radius 1 is 0.972 bits per heavy atom. The summed E-state index contributed by atoms with van der Waals surface area (Å²) < 4.78 is 38.7.